The Kier molecular flexibility index (Phi) is 4.61. The minimum Gasteiger partial charge on any atom is -0.464 e. The molecule has 1 atom stereocenters. The highest BCUT2D eigenvalue weighted by atomic mass is 19.1. The van der Waals surface area contributed by atoms with Crippen molar-refractivity contribution < 1.29 is 18.4 Å². The molecule has 6 heteroatoms. The summed E-state index contributed by atoms with van der Waals surface area (Å²) in [7, 11) is 0. The lowest BCUT2D eigenvalue weighted by Crippen LogP contribution is -2.41. The van der Waals surface area contributed by atoms with Crippen LogP contribution in [0.3, 0.4) is 0 Å². The molecule has 132 valence electrons. The van der Waals surface area contributed by atoms with Crippen molar-refractivity contribution in [3.8, 4) is 0 Å². The largest absolute Gasteiger partial charge is 0.464 e. The molecular weight excluding hydrogens is 323 g/mol. The number of hydrogen-bond acceptors (Lipinski definition) is 3. The molecule has 0 bridgehead atoms. The molecule has 1 aromatic carbocycles. The molecule has 1 aromatic heterocycles. The average Bonchev–Trinajstić information content (AvgIpc) is 2.95. The van der Waals surface area contributed by atoms with Crippen molar-refractivity contribution in [2.75, 3.05) is 5.32 Å². The van der Waals surface area contributed by atoms with Crippen LogP contribution in [0.4, 0.5) is 10.1 Å². The summed E-state index contributed by atoms with van der Waals surface area (Å²) in [5.41, 5.74) is 1.01. The Morgan fingerprint density at radius 1 is 1.36 bits per heavy atom. The van der Waals surface area contributed by atoms with E-state index >= 15 is 0 Å². The second kappa shape index (κ2) is 6.70. The predicted molar refractivity (Wildman–Crippen MR) is 91.5 cm³/mol. The predicted octanol–water partition coefficient (Wildman–Crippen LogP) is 3.59. The van der Waals surface area contributed by atoms with Crippen LogP contribution in [0.2, 0.25) is 0 Å². The van der Waals surface area contributed by atoms with Gasteiger partial charge in [0.15, 0.2) is 0 Å². The topological polar surface area (TPSA) is 62.6 Å². The number of carbonyl (C=O) groups is 2. The Morgan fingerprint density at radius 2 is 2.12 bits per heavy atom. The Morgan fingerprint density at radius 3 is 2.76 bits per heavy atom. The SMILES string of the molecule is Cc1ccc(CN(C(=O)C2CC(=O)Nc3cc(F)ccc32)C(C)C)o1. The van der Waals surface area contributed by atoms with Crippen LogP contribution in [0, 0.1) is 12.7 Å². The number of aryl methyl sites for hydroxylation is 1. The number of halogens is 1. The van der Waals surface area contributed by atoms with Crippen molar-refractivity contribution in [3.63, 3.8) is 0 Å². The van der Waals surface area contributed by atoms with E-state index < -0.39 is 11.7 Å². The maximum absolute atomic E-state index is 13.5. The van der Waals surface area contributed by atoms with E-state index in [0.717, 1.165) is 5.76 Å². The van der Waals surface area contributed by atoms with Gasteiger partial charge in [0, 0.05) is 18.2 Å². The third-order valence-electron chi connectivity index (χ3n) is 4.38. The van der Waals surface area contributed by atoms with E-state index in [2.05, 4.69) is 5.32 Å². The number of fused-ring (bicyclic) bond motifs is 1. The molecule has 1 aliphatic heterocycles. The van der Waals surface area contributed by atoms with Gasteiger partial charge in [0.2, 0.25) is 11.8 Å². The lowest BCUT2D eigenvalue weighted by Gasteiger charge is -2.32. The first kappa shape index (κ1) is 17.2. The standard InChI is InChI=1S/C19H21FN2O3/c1-11(2)22(10-14-6-4-12(3)25-14)19(24)16-9-18(23)21-17-8-13(20)5-7-15(16)17/h4-8,11,16H,9-10H2,1-3H3,(H,21,23). The molecule has 0 saturated carbocycles. The number of rotatable bonds is 4. The zero-order valence-electron chi connectivity index (χ0n) is 14.5. The molecule has 0 saturated heterocycles. The monoisotopic (exact) mass is 344 g/mol. The van der Waals surface area contributed by atoms with Crippen molar-refractivity contribution in [2.24, 2.45) is 0 Å². The first-order valence-electron chi connectivity index (χ1n) is 8.30. The van der Waals surface area contributed by atoms with E-state index in [0.29, 0.717) is 23.6 Å². The number of benzene rings is 1. The van der Waals surface area contributed by atoms with Crippen LogP contribution in [-0.4, -0.2) is 22.8 Å². The number of carbonyl (C=O) groups excluding carboxylic acids is 2. The van der Waals surface area contributed by atoms with Gasteiger partial charge in [-0.15, -0.1) is 0 Å². The summed E-state index contributed by atoms with van der Waals surface area (Å²) in [6, 6.07) is 7.77. The fourth-order valence-corrected chi connectivity index (χ4v) is 3.11. The molecule has 0 fully saturated rings. The summed E-state index contributed by atoms with van der Waals surface area (Å²) in [5, 5.41) is 2.64. The summed E-state index contributed by atoms with van der Waals surface area (Å²) in [6.07, 6.45) is 0.0534. The minimum atomic E-state index is -0.622. The Hall–Kier alpha value is -2.63. The zero-order valence-corrected chi connectivity index (χ0v) is 14.5. The van der Waals surface area contributed by atoms with E-state index in [9.17, 15) is 14.0 Å². The van der Waals surface area contributed by atoms with Crippen LogP contribution >= 0.6 is 0 Å². The molecule has 5 nitrogen and oxygen atoms in total. The highest BCUT2D eigenvalue weighted by molar-refractivity contribution is 6.01. The van der Waals surface area contributed by atoms with Gasteiger partial charge in [0.1, 0.15) is 17.3 Å². The van der Waals surface area contributed by atoms with Crippen LogP contribution in [0.15, 0.2) is 34.7 Å². The zero-order chi connectivity index (χ0) is 18.1. The average molecular weight is 344 g/mol. The van der Waals surface area contributed by atoms with Crippen molar-refractivity contribution in [2.45, 2.75) is 45.7 Å². The smallest absolute Gasteiger partial charge is 0.231 e. The number of nitrogens with one attached hydrogen (secondary N) is 1. The molecule has 0 radical (unpaired) electrons. The number of furan rings is 1. The van der Waals surface area contributed by atoms with Crippen LogP contribution in [-0.2, 0) is 16.1 Å². The molecule has 1 N–H and O–H groups in total. The van der Waals surface area contributed by atoms with Gasteiger partial charge < -0.3 is 14.6 Å². The summed E-state index contributed by atoms with van der Waals surface area (Å²) in [6.45, 7) is 6.02. The fraction of sp³-hybridized carbons (Fsp3) is 0.368. The van der Waals surface area contributed by atoms with E-state index in [1.165, 1.54) is 12.1 Å². The van der Waals surface area contributed by atoms with Gasteiger partial charge >= 0.3 is 0 Å². The molecule has 1 aliphatic rings. The quantitative estimate of drug-likeness (QED) is 0.922. The molecule has 2 aromatic rings. The van der Waals surface area contributed by atoms with Crippen molar-refractivity contribution >= 4 is 17.5 Å². The Labute approximate surface area is 145 Å². The van der Waals surface area contributed by atoms with E-state index in [1.807, 2.05) is 32.9 Å². The normalized spacial score (nSPS) is 16.5. The van der Waals surface area contributed by atoms with Crippen LogP contribution in [0.5, 0.6) is 0 Å². The Bertz CT molecular complexity index is 813. The minimum absolute atomic E-state index is 0.0534. The van der Waals surface area contributed by atoms with Crippen molar-refractivity contribution in [3.05, 3.63) is 53.2 Å². The Balaban J connectivity index is 1.91. The molecule has 0 aliphatic carbocycles. The summed E-state index contributed by atoms with van der Waals surface area (Å²) >= 11 is 0. The molecule has 3 rings (SSSR count). The molecule has 2 heterocycles. The van der Waals surface area contributed by atoms with Gasteiger partial charge in [0.25, 0.3) is 0 Å². The van der Waals surface area contributed by atoms with Gasteiger partial charge in [-0.3, -0.25) is 9.59 Å². The molecule has 1 unspecified atom stereocenters. The van der Waals surface area contributed by atoms with Crippen molar-refractivity contribution in [1.29, 1.82) is 0 Å². The highest BCUT2D eigenvalue weighted by Gasteiger charge is 2.34. The maximum atomic E-state index is 13.5. The highest BCUT2D eigenvalue weighted by Crippen LogP contribution is 2.34. The summed E-state index contributed by atoms with van der Waals surface area (Å²) in [4.78, 5) is 26.8. The number of amides is 2. The van der Waals surface area contributed by atoms with Gasteiger partial charge in [-0.25, -0.2) is 4.39 Å². The van der Waals surface area contributed by atoms with Crippen molar-refractivity contribution in [1.82, 2.24) is 4.90 Å². The van der Waals surface area contributed by atoms with E-state index in [1.54, 1.807) is 11.0 Å². The second-order valence-electron chi connectivity index (χ2n) is 6.61. The number of nitrogens with zero attached hydrogens (tertiary/aromatic N) is 1. The van der Waals surface area contributed by atoms with Gasteiger partial charge in [0.05, 0.1) is 12.5 Å². The molecule has 0 spiro atoms. The number of hydrogen-bond donors (Lipinski definition) is 1. The first-order chi connectivity index (χ1) is 11.8. The van der Waals surface area contributed by atoms with Gasteiger partial charge in [-0.2, -0.15) is 0 Å². The van der Waals surface area contributed by atoms with E-state index in [4.69, 9.17) is 4.42 Å². The van der Waals surface area contributed by atoms with E-state index in [-0.39, 0.29) is 24.3 Å². The third-order valence-corrected chi connectivity index (χ3v) is 4.38. The van der Waals surface area contributed by atoms with Crippen LogP contribution in [0.1, 0.15) is 43.3 Å². The third kappa shape index (κ3) is 3.57. The lowest BCUT2D eigenvalue weighted by atomic mass is 9.89. The first-order valence-corrected chi connectivity index (χ1v) is 8.30. The molecular formula is C19H21FN2O3. The fourth-order valence-electron chi connectivity index (χ4n) is 3.11. The van der Waals surface area contributed by atoms with Crippen LogP contribution < -0.4 is 5.32 Å². The van der Waals surface area contributed by atoms with Gasteiger partial charge in [-0.05, 0) is 50.6 Å². The number of anilines is 1. The summed E-state index contributed by atoms with van der Waals surface area (Å²) in [5.74, 6) is -0.0364. The maximum Gasteiger partial charge on any atom is 0.231 e. The summed E-state index contributed by atoms with van der Waals surface area (Å²) < 4.78 is 19.1. The van der Waals surface area contributed by atoms with Gasteiger partial charge in [-0.1, -0.05) is 6.07 Å². The molecule has 2 amide bonds. The second-order valence-corrected chi connectivity index (χ2v) is 6.61. The van der Waals surface area contributed by atoms with Crippen LogP contribution in [0.25, 0.3) is 0 Å². The lowest BCUT2D eigenvalue weighted by molar-refractivity contribution is -0.137. The molecule has 25 heavy (non-hydrogen) atoms.